The first-order valence-electron chi connectivity index (χ1n) is 10.3. The van der Waals surface area contributed by atoms with Crippen molar-refractivity contribution in [2.75, 3.05) is 26.2 Å². The van der Waals surface area contributed by atoms with E-state index in [4.69, 9.17) is 4.74 Å². The Labute approximate surface area is 165 Å². The van der Waals surface area contributed by atoms with E-state index in [2.05, 4.69) is 14.9 Å². The van der Waals surface area contributed by atoms with E-state index in [9.17, 15) is 9.59 Å². The Morgan fingerprint density at radius 1 is 1.21 bits per heavy atom. The van der Waals surface area contributed by atoms with E-state index in [1.54, 1.807) is 6.20 Å². The van der Waals surface area contributed by atoms with Gasteiger partial charge in [0.15, 0.2) is 0 Å². The Morgan fingerprint density at radius 3 is 2.86 bits per heavy atom. The van der Waals surface area contributed by atoms with Gasteiger partial charge in [0.2, 0.25) is 11.8 Å². The summed E-state index contributed by atoms with van der Waals surface area (Å²) in [5.41, 5.74) is 1.05. The molecule has 2 amide bonds. The molecule has 7 nitrogen and oxygen atoms in total. The highest BCUT2D eigenvalue weighted by Gasteiger charge is 2.27. The number of nitrogens with zero attached hydrogens (tertiary/aromatic N) is 3. The van der Waals surface area contributed by atoms with Crippen LogP contribution in [0, 0.1) is 5.92 Å². The number of aryl methyl sites for hydroxylation is 1. The second-order valence-electron chi connectivity index (χ2n) is 7.73. The molecular weight excluding hydrogens is 356 g/mol. The summed E-state index contributed by atoms with van der Waals surface area (Å²) in [7, 11) is 0. The lowest BCUT2D eigenvalue weighted by molar-refractivity contribution is -0.135. The van der Waals surface area contributed by atoms with Gasteiger partial charge in [-0.2, -0.15) is 0 Å². The van der Waals surface area contributed by atoms with Crippen LogP contribution in [0.15, 0.2) is 30.7 Å². The quantitative estimate of drug-likeness (QED) is 0.826. The van der Waals surface area contributed by atoms with Crippen molar-refractivity contribution in [2.24, 2.45) is 5.92 Å². The highest BCUT2D eigenvalue weighted by molar-refractivity contribution is 5.81. The number of carbonyl (C=O) groups is 2. The molecule has 0 bridgehead atoms. The van der Waals surface area contributed by atoms with Crippen LogP contribution in [0.4, 0.5) is 0 Å². The molecule has 4 rings (SSSR count). The first-order chi connectivity index (χ1) is 13.7. The van der Waals surface area contributed by atoms with Gasteiger partial charge in [0.05, 0.1) is 17.8 Å². The van der Waals surface area contributed by atoms with Gasteiger partial charge in [-0.15, -0.1) is 0 Å². The minimum absolute atomic E-state index is 0.00456. The molecule has 2 aliphatic rings. The van der Waals surface area contributed by atoms with Gasteiger partial charge in [0.25, 0.3) is 0 Å². The summed E-state index contributed by atoms with van der Waals surface area (Å²) in [6.45, 7) is 3.37. The summed E-state index contributed by atoms with van der Waals surface area (Å²) in [6.07, 6.45) is 9.83. The molecule has 4 heterocycles. The standard InChI is InChI=1S/C21H28N4O3/c26-20(7-12-24-9-4-16-3-8-22-15-19(16)24)25-10-5-17(6-11-25)21(27)23-14-18-2-1-13-28-18/h3-4,8-9,15,17-18H,1-2,5-7,10-14H2,(H,23,27). The second-order valence-corrected chi connectivity index (χ2v) is 7.73. The summed E-state index contributed by atoms with van der Waals surface area (Å²) in [6, 6.07) is 4.02. The molecule has 0 radical (unpaired) electrons. The van der Waals surface area contributed by atoms with Crippen LogP contribution < -0.4 is 5.32 Å². The molecule has 1 atom stereocenters. The maximum Gasteiger partial charge on any atom is 0.224 e. The number of amides is 2. The van der Waals surface area contributed by atoms with Crippen molar-refractivity contribution in [1.82, 2.24) is 19.8 Å². The molecule has 2 fully saturated rings. The Bertz CT molecular complexity index is 820. The maximum atomic E-state index is 12.6. The van der Waals surface area contributed by atoms with Crippen molar-refractivity contribution in [2.45, 2.75) is 44.8 Å². The zero-order valence-electron chi connectivity index (χ0n) is 16.2. The number of piperidine rings is 1. The smallest absolute Gasteiger partial charge is 0.224 e. The van der Waals surface area contributed by atoms with E-state index < -0.39 is 0 Å². The topological polar surface area (TPSA) is 76.5 Å². The fraction of sp³-hybridized carbons (Fsp3) is 0.571. The minimum Gasteiger partial charge on any atom is -0.376 e. The molecule has 0 aromatic carbocycles. The van der Waals surface area contributed by atoms with Crippen molar-refractivity contribution in [3.05, 3.63) is 30.7 Å². The van der Waals surface area contributed by atoms with Gasteiger partial charge in [-0.05, 0) is 37.8 Å². The van der Waals surface area contributed by atoms with Crippen molar-refractivity contribution in [3.8, 4) is 0 Å². The van der Waals surface area contributed by atoms with E-state index in [0.29, 0.717) is 32.6 Å². The third-order valence-electron chi connectivity index (χ3n) is 5.89. The van der Waals surface area contributed by atoms with Crippen LogP contribution in [0.5, 0.6) is 0 Å². The summed E-state index contributed by atoms with van der Waals surface area (Å²) in [4.78, 5) is 31.0. The predicted octanol–water partition coefficient (Wildman–Crippen LogP) is 1.96. The normalized spacial score (nSPS) is 20.6. The van der Waals surface area contributed by atoms with Gasteiger partial charge in [-0.3, -0.25) is 14.6 Å². The molecule has 0 spiro atoms. The maximum absolute atomic E-state index is 12.6. The Balaban J connectivity index is 1.21. The second kappa shape index (κ2) is 8.73. The van der Waals surface area contributed by atoms with Crippen LogP contribution >= 0.6 is 0 Å². The third-order valence-corrected chi connectivity index (χ3v) is 5.89. The number of ether oxygens (including phenoxy) is 1. The van der Waals surface area contributed by atoms with Crippen molar-refractivity contribution in [1.29, 1.82) is 0 Å². The van der Waals surface area contributed by atoms with Crippen molar-refractivity contribution in [3.63, 3.8) is 0 Å². The van der Waals surface area contributed by atoms with Crippen LogP contribution in [0.1, 0.15) is 32.1 Å². The average Bonchev–Trinajstić information content (AvgIpc) is 3.40. The summed E-state index contributed by atoms with van der Waals surface area (Å²) < 4.78 is 7.62. The Hall–Kier alpha value is -2.41. The number of pyridine rings is 1. The van der Waals surface area contributed by atoms with Gasteiger partial charge < -0.3 is 19.5 Å². The summed E-state index contributed by atoms with van der Waals surface area (Å²) >= 11 is 0. The molecule has 1 unspecified atom stereocenters. The van der Waals surface area contributed by atoms with Crippen LogP contribution in [0.2, 0.25) is 0 Å². The first kappa shape index (κ1) is 18.9. The molecule has 7 heteroatoms. The average molecular weight is 384 g/mol. The number of fused-ring (bicyclic) bond motifs is 1. The van der Waals surface area contributed by atoms with Gasteiger partial charge in [-0.25, -0.2) is 0 Å². The fourth-order valence-electron chi connectivity index (χ4n) is 4.15. The molecule has 0 aliphatic carbocycles. The summed E-state index contributed by atoms with van der Waals surface area (Å²) in [5.74, 6) is 0.266. The van der Waals surface area contributed by atoms with Crippen LogP contribution in [0.25, 0.3) is 10.9 Å². The highest BCUT2D eigenvalue weighted by atomic mass is 16.5. The zero-order valence-corrected chi connectivity index (χ0v) is 16.2. The van der Waals surface area contributed by atoms with Gasteiger partial charge in [-0.1, -0.05) is 0 Å². The number of carbonyl (C=O) groups excluding carboxylic acids is 2. The largest absolute Gasteiger partial charge is 0.376 e. The number of hydrogen-bond donors (Lipinski definition) is 1. The van der Waals surface area contributed by atoms with E-state index >= 15 is 0 Å². The van der Waals surface area contributed by atoms with E-state index in [1.807, 2.05) is 29.4 Å². The van der Waals surface area contributed by atoms with E-state index in [1.165, 1.54) is 0 Å². The molecular formula is C21H28N4O3. The molecule has 2 saturated heterocycles. The third kappa shape index (κ3) is 4.35. The number of hydrogen-bond acceptors (Lipinski definition) is 4. The SMILES string of the molecule is O=C(NCC1CCCO1)C1CCN(C(=O)CCn2ccc3ccncc32)CC1. The monoisotopic (exact) mass is 384 g/mol. The molecule has 150 valence electrons. The Morgan fingerprint density at radius 2 is 2.07 bits per heavy atom. The molecule has 2 aromatic heterocycles. The van der Waals surface area contributed by atoms with Crippen LogP contribution in [0.3, 0.4) is 0 Å². The number of aromatic nitrogens is 2. The fourth-order valence-corrected chi connectivity index (χ4v) is 4.15. The van der Waals surface area contributed by atoms with Gasteiger partial charge >= 0.3 is 0 Å². The van der Waals surface area contributed by atoms with Gasteiger partial charge in [0.1, 0.15) is 0 Å². The van der Waals surface area contributed by atoms with Crippen LogP contribution in [-0.2, 0) is 20.9 Å². The molecule has 28 heavy (non-hydrogen) atoms. The van der Waals surface area contributed by atoms with E-state index in [0.717, 1.165) is 43.2 Å². The van der Waals surface area contributed by atoms with Crippen LogP contribution in [-0.4, -0.2) is 58.6 Å². The lowest BCUT2D eigenvalue weighted by Gasteiger charge is -2.31. The first-order valence-corrected chi connectivity index (χ1v) is 10.3. The Kier molecular flexibility index (Phi) is 5.90. The molecule has 2 aliphatic heterocycles. The summed E-state index contributed by atoms with van der Waals surface area (Å²) in [5, 5.41) is 4.16. The lowest BCUT2D eigenvalue weighted by Crippen LogP contribution is -2.44. The van der Waals surface area contributed by atoms with Gasteiger partial charge in [0, 0.05) is 62.9 Å². The number of nitrogens with one attached hydrogen (secondary N) is 1. The zero-order chi connectivity index (χ0) is 19.3. The number of likely N-dealkylation sites (tertiary alicyclic amines) is 1. The van der Waals surface area contributed by atoms with Crippen molar-refractivity contribution < 1.29 is 14.3 Å². The van der Waals surface area contributed by atoms with E-state index in [-0.39, 0.29) is 23.8 Å². The molecule has 0 saturated carbocycles. The highest BCUT2D eigenvalue weighted by Crippen LogP contribution is 2.20. The lowest BCUT2D eigenvalue weighted by atomic mass is 9.95. The molecule has 1 N–H and O–H groups in total. The van der Waals surface area contributed by atoms with Crippen molar-refractivity contribution >= 4 is 22.7 Å². The number of rotatable bonds is 6. The predicted molar refractivity (Wildman–Crippen MR) is 106 cm³/mol. The minimum atomic E-state index is 0.00456. The molecule has 2 aromatic rings.